The summed E-state index contributed by atoms with van der Waals surface area (Å²) in [5.74, 6) is 4.43. The number of benzene rings is 1. The number of hydrogen-bond acceptors (Lipinski definition) is 5. The molecule has 0 aliphatic heterocycles. The Bertz CT molecular complexity index is 349. The molecule has 1 aromatic carbocycles. The third-order valence-electron chi connectivity index (χ3n) is 2.28. The van der Waals surface area contributed by atoms with Gasteiger partial charge in [-0.3, -0.25) is 5.84 Å². The van der Waals surface area contributed by atoms with Gasteiger partial charge < -0.3 is 20.7 Å². The predicted octanol–water partition coefficient (Wildman–Crippen LogP) is -0.112. The highest BCUT2D eigenvalue weighted by atomic mass is 19.1. The predicted molar refractivity (Wildman–Crippen MR) is 56.9 cm³/mol. The maximum absolute atomic E-state index is 13.3. The molecule has 1 rings (SSSR count). The van der Waals surface area contributed by atoms with E-state index in [-0.39, 0.29) is 24.3 Å². The van der Waals surface area contributed by atoms with Crippen molar-refractivity contribution in [2.75, 3.05) is 12.0 Å². The smallest absolute Gasteiger partial charge is 0.147 e. The molecule has 2 unspecified atom stereocenters. The topological polar surface area (TPSA) is 98.7 Å². The van der Waals surface area contributed by atoms with Crippen LogP contribution in [0.25, 0.3) is 0 Å². The Kier molecular flexibility index (Phi) is 4.63. The molecule has 0 bridgehead atoms. The lowest BCUT2D eigenvalue weighted by molar-refractivity contribution is 0.00409. The van der Waals surface area contributed by atoms with Crippen LogP contribution in [0.5, 0.6) is 0 Å². The third-order valence-corrected chi connectivity index (χ3v) is 2.28. The van der Waals surface area contributed by atoms with Gasteiger partial charge in [0, 0.05) is 6.61 Å². The number of anilines is 1. The van der Waals surface area contributed by atoms with Crippen LogP contribution >= 0.6 is 0 Å². The van der Waals surface area contributed by atoms with Gasteiger partial charge in [0.05, 0.1) is 11.8 Å². The second kappa shape index (κ2) is 5.76. The van der Waals surface area contributed by atoms with E-state index in [9.17, 15) is 14.6 Å². The van der Waals surface area contributed by atoms with Gasteiger partial charge in [-0.1, -0.05) is 6.07 Å². The van der Waals surface area contributed by atoms with Crippen LogP contribution in [-0.2, 0) is 0 Å². The fourth-order valence-electron chi connectivity index (χ4n) is 1.34. The summed E-state index contributed by atoms with van der Waals surface area (Å²) in [6.07, 6.45) is -2.32. The molecular formula is C10H15FN2O3. The largest absolute Gasteiger partial charge is 0.396 e. The molecule has 90 valence electrons. The first kappa shape index (κ1) is 12.9. The lowest BCUT2D eigenvalue weighted by atomic mass is 10.0. The van der Waals surface area contributed by atoms with Crippen LogP contribution < -0.4 is 11.3 Å². The molecule has 0 spiro atoms. The van der Waals surface area contributed by atoms with E-state index in [1.807, 2.05) is 0 Å². The molecule has 0 amide bonds. The summed E-state index contributed by atoms with van der Waals surface area (Å²) < 4.78 is 13.3. The number of hydrogen-bond donors (Lipinski definition) is 5. The first-order chi connectivity index (χ1) is 7.60. The van der Waals surface area contributed by atoms with Crippen LogP contribution in [0.4, 0.5) is 10.1 Å². The fraction of sp³-hybridized carbons (Fsp3) is 0.400. The summed E-state index contributed by atoms with van der Waals surface area (Å²) in [5.41, 5.74) is 2.49. The van der Waals surface area contributed by atoms with E-state index < -0.39 is 18.0 Å². The summed E-state index contributed by atoms with van der Waals surface area (Å²) in [6, 6.07) is 3.89. The van der Waals surface area contributed by atoms with Crippen LogP contribution in [0.2, 0.25) is 0 Å². The molecule has 5 nitrogen and oxygen atoms in total. The molecule has 6 heteroatoms. The van der Waals surface area contributed by atoms with Crippen LogP contribution in [0.3, 0.4) is 0 Å². The van der Waals surface area contributed by atoms with Crippen LogP contribution in [-0.4, -0.2) is 28.0 Å². The van der Waals surface area contributed by atoms with Gasteiger partial charge >= 0.3 is 0 Å². The Morgan fingerprint density at radius 3 is 2.56 bits per heavy atom. The van der Waals surface area contributed by atoms with E-state index in [2.05, 4.69) is 5.43 Å². The van der Waals surface area contributed by atoms with Crippen LogP contribution in [0.15, 0.2) is 18.2 Å². The molecule has 0 aromatic heterocycles. The van der Waals surface area contributed by atoms with E-state index >= 15 is 0 Å². The Labute approximate surface area is 92.3 Å². The molecule has 1 aromatic rings. The number of nitrogen functional groups attached to an aromatic ring is 1. The van der Waals surface area contributed by atoms with E-state index in [0.29, 0.717) is 0 Å². The van der Waals surface area contributed by atoms with Crippen LogP contribution in [0.1, 0.15) is 18.1 Å². The minimum absolute atomic E-state index is 0.0275. The number of nitrogens with two attached hydrogens (primary N) is 1. The zero-order chi connectivity index (χ0) is 12.1. The number of aliphatic hydroxyl groups is 3. The summed E-state index contributed by atoms with van der Waals surface area (Å²) in [5, 5.41) is 27.6. The van der Waals surface area contributed by atoms with Gasteiger partial charge in [-0.25, -0.2) is 4.39 Å². The monoisotopic (exact) mass is 230 g/mol. The van der Waals surface area contributed by atoms with Gasteiger partial charge in [0.1, 0.15) is 11.9 Å². The minimum Gasteiger partial charge on any atom is -0.396 e. The maximum Gasteiger partial charge on any atom is 0.147 e. The van der Waals surface area contributed by atoms with Crippen LogP contribution in [0, 0.1) is 5.82 Å². The summed E-state index contributed by atoms with van der Waals surface area (Å²) in [4.78, 5) is 0. The van der Waals surface area contributed by atoms with E-state index in [1.165, 1.54) is 12.1 Å². The van der Waals surface area contributed by atoms with Gasteiger partial charge in [-0.05, 0) is 24.1 Å². The molecule has 0 aliphatic carbocycles. The molecule has 0 radical (unpaired) electrons. The number of nitrogens with one attached hydrogen (secondary N) is 1. The first-order valence-corrected chi connectivity index (χ1v) is 4.83. The Hall–Kier alpha value is -1.21. The quantitative estimate of drug-likeness (QED) is 0.359. The molecule has 0 fully saturated rings. The third kappa shape index (κ3) is 2.89. The van der Waals surface area contributed by atoms with Crippen molar-refractivity contribution in [3.63, 3.8) is 0 Å². The second-order valence-electron chi connectivity index (χ2n) is 3.41. The normalized spacial score (nSPS) is 14.6. The molecule has 6 N–H and O–H groups in total. The molecular weight excluding hydrogens is 215 g/mol. The SMILES string of the molecule is NNc1ccc(C(O)C(O)CCO)cc1F. The molecule has 0 heterocycles. The highest BCUT2D eigenvalue weighted by Crippen LogP contribution is 2.23. The van der Waals surface area contributed by atoms with Crippen molar-refractivity contribution < 1.29 is 19.7 Å². The van der Waals surface area contributed by atoms with E-state index in [0.717, 1.165) is 6.07 Å². The number of hydrazine groups is 1. The Morgan fingerprint density at radius 2 is 2.06 bits per heavy atom. The number of halogens is 1. The summed E-state index contributed by atoms with van der Waals surface area (Å²) in [7, 11) is 0. The lowest BCUT2D eigenvalue weighted by Crippen LogP contribution is -2.20. The number of rotatable bonds is 5. The minimum atomic E-state index is -1.23. The van der Waals surface area contributed by atoms with Gasteiger partial charge in [0.15, 0.2) is 0 Å². The zero-order valence-electron chi connectivity index (χ0n) is 8.60. The molecule has 2 atom stereocenters. The standard InChI is InChI=1S/C10H15FN2O3/c11-7-5-6(1-2-8(7)13-12)10(16)9(15)3-4-14/h1-2,5,9-10,13-16H,3-4,12H2. The maximum atomic E-state index is 13.3. The van der Waals surface area contributed by atoms with Gasteiger partial charge in [0.2, 0.25) is 0 Å². The zero-order valence-corrected chi connectivity index (χ0v) is 8.60. The van der Waals surface area contributed by atoms with Crippen molar-refractivity contribution in [2.24, 2.45) is 5.84 Å². The Balaban J connectivity index is 2.84. The van der Waals surface area contributed by atoms with Gasteiger partial charge in [0.25, 0.3) is 0 Å². The fourth-order valence-corrected chi connectivity index (χ4v) is 1.34. The van der Waals surface area contributed by atoms with E-state index in [4.69, 9.17) is 10.9 Å². The Morgan fingerprint density at radius 1 is 1.38 bits per heavy atom. The lowest BCUT2D eigenvalue weighted by Gasteiger charge is -2.17. The molecule has 16 heavy (non-hydrogen) atoms. The average Bonchev–Trinajstić information content (AvgIpc) is 2.28. The first-order valence-electron chi connectivity index (χ1n) is 4.83. The van der Waals surface area contributed by atoms with Crippen molar-refractivity contribution in [1.29, 1.82) is 0 Å². The highest BCUT2D eigenvalue weighted by Gasteiger charge is 2.18. The van der Waals surface area contributed by atoms with Crippen molar-refractivity contribution in [3.8, 4) is 0 Å². The van der Waals surface area contributed by atoms with Crippen molar-refractivity contribution >= 4 is 5.69 Å². The molecule has 0 saturated carbocycles. The summed E-state index contributed by atoms with van der Waals surface area (Å²) in [6.45, 7) is -0.247. The van der Waals surface area contributed by atoms with Crippen molar-refractivity contribution in [2.45, 2.75) is 18.6 Å². The average molecular weight is 230 g/mol. The molecule has 0 aliphatic rings. The number of aliphatic hydroxyl groups excluding tert-OH is 3. The van der Waals surface area contributed by atoms with E-state index in [1.54, 1.807) is 0 Å². The van der Waals surface area contributed by atoms with Gasteiger partial charge in [-0.15, -0.1) is 0 Å². The summed E-state index contributed by atoms with van der Waals surface area (Å²) >= 11 is 0. The molecule has 0 saturated heterocycles. The second-order valence-corrected chi connectivity index (χ2v) is 3.41. The van der Waals surface area contributed by atoms with Gasteiger partial charge in [-0.2, -0.15) is 0 Å². The highest BCUT2D eigenvalue weighted by molar-refractivity contribution is 5.45. The van der Waals surface area contributed by atoms with Crippen molar-refractivity contribution in [3.05, 3.63) is 29.6 Å². The van der Waals surface area contributed by atoms with Crippen molar-refractivity contribution in [1.82, 2.24) is 0 Å².